The number of nitrogens with zero attached hydrogens (tertiary/aromatic N) is 2. The summed E-state index contributed by atoms with van der Waals surface area (Å²) in [6, 6.07) is 13.9. The molecule has 3 aromatic rings. The number of sulfonamides is 1. The van der Waals surface area contributed by atoms with Gasteiger partial charge in [-0.2, -0.15) is 5.10 Å². The Balaban J connectivity index is -0.000000673. The molecule has 0 fully saturated rings. The van der Waals surface area contributed by atoms with Crippen molar-refractivity contribution in [3.63, 3.8) is 0 Å². The van der Waals surface area contributed by atoms with Crippen molar-refractivity contribution in [2.45, 2.75) is 19.2 Å². The van der Waals surface area contributed by atoms with Crippen LogP contribution < -0.4 is 16.6 Å². The molecule has 2 amide bonds. The lowest BCUT2D eigenvalue weighted by molar-refractivity contribution is 0.266. The lowest BCUT2D eigenvalue weighted by Gasteiger charge is -2.11. The van der Waals surface area contributed by atoms with Gasteiger partial charge in [-0.25, -0.2) is 22.6 Å². The smallest absolute Gasteiger partial charge is 0.273 e. The first kappa shape index (κ1) is 36.2. The molecule has 1 heterocycles. The molecule has 10 nitrogen and oxygen atoms in total. The maximum absolute atomic E-state index is 13.1. The Morgan fingerprint density at radius 1 is 1.03 bits per heavy atom. The van der Waals surface area contributed by atoms with Crippen molar-refractivity contribution in [1.29, 1.82) is 0 Å². The number of benzene rings is 2. The highest BCUT2D eigenvalue weighted by molar-refractivity contribution is 7.96. The summed E-state index contributed by atoms with van der Waals surface area (Å²) in [7, 11) is -3.89. The van der Waals surface area contributed by atoms with Crippen LogP contribution in [0.25, 0.3) is 16.9 Å². The quantitative estimate of drug-likeness (QED) is 0.249. The molecule has 3 rings (SSSR count). The van der Waals surface area contributed by atoms with Gasteiger partial charge in [0, 0.05) is 5.56 Å². The Morgan fingerprint density at radius 2 is 1.46 bits per heavy atom. The number of carbonyl (C=O) groups is 2. The predicted molar refractivity (Wildman–Crippen MR) is 142 cm³/mol. The van der Waals surface area contributed by atoms with Gasteiger partial charge in [-0.3, -0.25) is 9.59 Å². The van der Waals surface area contributed by atoms with Crippen molar-refractivity contribution < 1.29 is 27.9 Å². The van der Waals surface area contributed by atoms with E-state index in [1.807, 2.05) is 0 Å². The van der Waals surface area contributed by atoms with Gasteiger partial charge < -0.3 is 16.9 Å². The molecule has 14 heteroatoms. The molecule has 2 aromatic carbocycles. The van der Waals surface area contributed by atoms with Crippen LogP contribution in [0.5, 0.6) is 0 Å². The summed E-state index contributed by atoms with van der Waals surface area (Å²) in [5, 5.41) is 8.14. The van der Waals surface area contributed by atoms with Gasteiger partial charge >= 0.3 is 0 Å². The van der Waals surface area contributed by atoms with Crippen LogP contribution >= 0.6 is 25.3 Å². The second-order valence-electron chi connectivity index (χ2n) is 5.61. The second kappa shape index (κ2) is 18.0. The van der Waals surface area contributed by atoms with E-state index in [4.69, 9.17) is 14.7 Å². The number of primary sulfonamides is 1. The van der Waals surface area contributed by atoms with Crippen LogP contribution in [-0.2, 0) is 10.0 Å². The largest absolute Gasteiger partial charge is 0.412 e. The number of carbonyl (C=O) groups excluding carboxylic acids is 2. The zero-order valence-corrected chi connectivity index (χ0v) is 20.4. The van der Waals surface area contributed by atoms with Gasteiger partial charge in [0.2, 0.25) is 10.0 Å². The molecule has 0 saturated carbocycles. The molecule has 0 aliphatic rings. The molecule has 0 bridgehead atoms. The molecule has 0 aliphatic carbocycles. The Morgan fingerprint density at radius 3 is 1.89 bits per heavy atom. The molecule has 0 atom stereocenters. The summed E-state index contributed by atoms with van der Waals surface area (Å²) in [6.45, 7) is 1.65. The predicted octanol–water partition coefficient (Wildman–Crippen LogP) is 2.77. The Bertz CT molecular complexity index is 1190. The van der Waals surface area contributed by atoms with Crippen molar-refractivity contribution in [2.24, 2.45) is 16.6 Å². The van der Waals surface area contributed by atoms with Crippen molar-refractivity contribution in [3.8, 4) is 29.3 Å². The number of hydrogen-bond acceptors (Lipinski definition) is 5. The minimum absolute atomic E-state index is 0. The first-order valence-electron chi connectivity index (χ1n) is 8.61. The normalized spacial score (nSPS) is 8.91. The van der Waals surface area contributed by atoms with Crippen LogP contribution in [0.2, 0.25) is 0 Å². The number of hydrogen-bond donors (Lipinski definition) is 5. The topological polar surface area (TPSA) is 196 Å². The number of nitrogens with two attached hydrogens (primary N) is 3. The first-order valence-corrected chi connectivity index (χ1v) is 11.1. The number of rotatable bonds is 3. The van der Waals surface area contributed by atoms with Gasteiger partial charge in [-0.05, 0) is 49.4 Å². The van der Waals surface area contributed by atoms with Crippen molar-refractivity contribution in [3.05, 3.63) is 66.6 Å². The molecule has 0 spiro atoms. The third-order valence-electron chi connectivity index (χ3n) is 3.18. The highest BCUT2D eigenvalue weighted by Gasteiger charge is 2.17. The molecule has 35 heavy (non-hydrogen) atoms. The number of para-hydroxylation sites is 1. The van der Waals surface area contributed by atoms with Gasteiger partial charge in [0.15, 0.2) is 0 Å². The van der Waals surface area contributed by atoms with Crippen LogP contribution in [0.4, 0.5) is 14.0 Å². The van der Waals surface area contributed by atoms with Gasteiger partial charge in [-0.1, -0.05) is 44.8 Å². The molecule has 1 aromatic heterocycles. The Labute approximate surface area is 214 Å². The number of thiol groups is 2. The molecule has 0 aliphatic heterocycles. The standard InChI is InChI=1S/C15H12FN3O2S.C3H4.2CH3NOS.CH4.H2O/c16-12-7-5-11(6-8-12)13-9-10-18-19(13)14-3-1-2-4-15(14)22(17,20)21;1-3-2;2*2-1(3)4;;/h1-10H,(H2,17,20,21);1H,2H3;2*(H3,2,3,4);1H4;1H2. The zero-order chi connectivity index (χ0) is 25.6. The van der Waals surface area contributed by atoms with E-state index in [1.165, 1.54) is 22.9 Å². The Hall–Kier alpha value is -3.35. The molecule has 0 radical (unpaired) electrons. The van der Waals surface area contributed by atoms with Gasteiger partial charge in [0.05, 0.1) is 17.6 Å². The maximum Gasteiger partial charge on any atom is 0.273 e. The summed E-state index contributed by atoms with van der Waals surface area (Å²) >= 11 is 6.21. The average Bonchev–Trinajstić information content (AvgIpc) is 3.17. The van der Waals surface area contributed by atoms with Crippen LogP contribution in [-0.4, -0.2) is 34.2 Å². The van der Waals surface area contributed by atoms with Crippen LogP contribution in [0.15, 0.2) is 65.7 Å². The van der Waals surface area contributed by atoms with Crippen LogP contribution in [0.3, 0.4) is 0 Å². The number of aromatic nitrogens is 2. The highest BCUT2D eigenvalue weighted by atomic mass is 32.2. The number of primary amides is 2. The van der Waals surface area contributed by atoms with E-state index in [1.54, 1.807) is 49.5 Å². The fraction of sp³-hybridized carbons (Fsp3) is 0.0952. The minimum Gasteiger partial charge on any atom is -0.412 e. The van der Waals surface area contributed by atoms with E-state index in [0.717, 1.165) is 0 Å². The summed E-state index contributed by atoms with van der Waals surface area (Å²) < 4.78 is 38.0. The average molecular weight is 546 g/mol. The monoisotopic (exact) mass is 545 g/mol. The Kier molecular flexibility index (Phi) is 18.7. The maximum atomic E-state index is 13.1. The van der Waals surface area contributed by atoms with E-state index in [-0.39, 0.29) is 23.6 Å². The van der Waals surface area contributed by atoms with E-state index in [2.05, 4.69) is 54.2 Å². The minimum atomic E-state index is -3.89. The summed E-state index contributed by atoms with van der Waals surface area (Å²) in [5.41, 5.74) is 10.4. The molecular weight excluding hydrogens is 517 g/mol. The van der Waals surface area contributed by atoms with Crippen LogP contribution in [0, 0.1) is 18.2 Å². The van der Waals surface area contributed by atoms with Crippen LogP contribution in [0.1, 0.15) is 14.4 Å². The van der Waals surface area contributed by atoms with E-state index in [9.17, 15) is 12.8 Å². The van der Waals surface area contributed by atoms with Crippen molar-refractivity contribution in [2.75, 3.05) is 0 Å². The lowest BCUT2D eigenvalue weighted by Crippen LogP contribution is -2.16. The number of terminal acetylenes is 1. The SMILES string of the molecule is C.C#CC.NC(=O)S.NC(=O)S.NS(=O)(=O)c1ccccc1-n1nccc1-c1ccc(F)cc1.O. The zero-order valence-electron chi connectivity index (χ0n) is 17.8. The summed E-state index contributed by atoms with van der Waals surface area (Å²) in [6.07, 6.45) is 6.14. The van der Waals surface area contributed by atoms with E-state index in [0.29, 0.717) is 16.9 Å². The molecule has 0 unspecified atom stereocenters. The van der Waals surface area contributed by atoms with E-state index < -0.39 is 20.5 Å². The van der Waals surface area contributed by atoms with E-state index >= 15 is 0 Å². The van der Waals surface area contributed by atoms with Crippen molar-refractivity contribution >= 4 is 45.8 Å². The third-order valence-corrected chi connectivity index (χ3v) is 4.14. The molecule has 192 valence electrons. The fourth-order valence-electron chi connectivity index (χ4n) is 2.21. The lowest BCUT2D eigenvalue weighted by atomic mass is 10.1. The summed E-state index contributed by atoms with van der Waals surface area (Å²) in [5.74, 6) is 1.90. The highest BCUT2D eigenvalue weighted by Crippen LogP contribution is 2.26. The third kappa shape index (κ3) is 14.5. The first-order chi connectivity index (χ1) is 15.3. The number of halogens is 1. The fourth-order valence-corrected chi connectivity index (χ4v) is 2.92. The number of amides is 2. The second-order valence-corrected chi connectivity index (χ2v) is 8.02. The van der Waals surface area contributed by atoms with Gasteiger partial charge in [-0.15, -0.1) is 12.3 Å². The van der Waals surface area contributed by atoms with Crippen molar-refractivity contribution in [1.82, 2.24) is 9.78 Å². The molecular formula is C21H28FN5O5S3. The van der Waals surface area contributed by atoms with Gasteiger partial charge in [0.25, 0.3) is 10.5 Å². The molecule has 8 N–H and O–H groups in total. The molecule has 0 saturated heterocycles. The summed E-state index contributed by atoms with van der Waals surface area (Å²) in [4.78, 5) is 18.1. The van der Waals surface area contributed by atoms with Gasteiger partial charge in [0.1, 0.15) is 10.7 Å².